The molecule has 0 spiro atoms. The maximum atomic E-state index is 12.5. The number of carbonyl (C=O) groups is 2. The molecule has 0 bridgehead atoms. The van der Waals surface area contributed by atoms with Crippen molar-refractivity contribution in [2.24, 2.45) is 4.99 Å². The number of para-hydroxylation sites is 2. The molecular weight excluding hydrogens is 306 g/mol. The van der Waals surface area contributed by atoms with Crippen LogP contribution in [0.2, 0.25) is 0 Å². The summed E-state index contributed by atoms with van der Waals surface area (Å²) in [7, 11) is 1.95. The van der Waals surface area contributed by atoms with Gasteiger partial charge in [0.1, 0.15) is 5.92 Å². The second-order valence-electron chi connectivity index (χ2n) is 5.98. The number of rotatable bonds is 2. The zero-order valence-electron chi connectivity index (χ0n) is 13.0. The average molecular weight is 321 g/mol. The number of carboxylic acids is 1. The maximum absolute atomic E-state index is 12.5. The van der Waals surface area contributed by atoms with Crippen molar-refractivity contribution in [2.75, 3.05) is 23.8 Å². The Balaban J connectivity index is 1.82. The molecular formula is C18H15N3O3. The van der Waals surface area contributed by atoms with Crippen molar-refractivity contribution < 1.29 is 14.7 Å². The Hall–Kier alpha value is -3.15. The van der Waals surface area contributed by atoms with Gasteiger partial charge in [0.05, 0.1) is 29.2 Å². The van der Waals surface area contributed by atoms with E-state index >= 15 is 0 Å². The maximum Gasteiger partial charge on any atom is 0.335 e. The number of carboxylic acid groups (broad SMARTS) is 1. The van der Waals surface area contributed by atoms with Gasteiger partial charge in [0.2, 0.25) is 5.91 Å². The molecule has 6 nitrogen and oxygen atoms in total. The monoisotopic (exact) mass is 321 g/mol. The van der Waals surface area contributed by atoms with Crippen LogP contribution in [-0.2, 0) is 4.79 Å². The molecule has 0 saturated heterocycles. The molecule has 6 heteroatoms. The largest absolute Gasteiger partial charge is 0.478 e. The number of fused-ring (bicyclic) bond motifs is 2. The number of aliphatic imine (C=N–C) groups is 1. The second-order valence-corrected chi connectivity index (χ2v) is 5.98. The number of anilines is 2. The molecule has 0 fully saturated rings. The molecule has 2 N–H and O–H groups in total. The van der Waals surface area contributed by atoms with E-state index in [0.29, 0.717) is 17.8 Å². The van der Waals surface area contributed by atoms with E-state index in [-0.39, 0.29) is 11.5 Å². The molecule has 1 atom stereocenters. The Labute approximate surface area is 138 Å². The summed E-state index contributed by atoms with van der Waals surface area (Å²) in [6, 6.07) is 12.4. The van der Waals surface area contributed by atoms with Crippen LogP contribution >= 0.6 is 0 Å². The van der Waals surface area contributed by atoms with E-state index in [1.54, 1.807) is 12.1 Å². The van der Waals surface area contributed by atoms with E-state index in [4.69, 9.17) is 0 Å². The van der Waals surface area contributed by atoms with Crippen molar-refractivity contribution in [2.45, 2.75) is 5.92 Å². The fourth-order valence-electron chi connectivity index (χ4n) is 3.28. The lowest BCUT2D eigenvalue weighted by atomic mass is 9.92. The fourth-order valence-corrected chi connectivity index (χ4v) is 3.28. The van der Waals surface area contributed by atoms with Gasteiger partial charge in [-0.3, -0.25) is 9.79 Å². The molecule has 2 aliphatic rings. The van der Waals surface area contributed by atoms with Crippen LogP contribution in [-0.4, -0.2) is 36.3 Å². The van der Waals surface area contributed by atoms with Gasteiger partial charge in [-0.25, -0.2) is 4.79 Å². The number of nitrogens with one attached hydrogen (secondary N) is 1. The number of nitrogens with zero attached hydrogens (tertiary/aromatic N) is 2. The van der Waals surface area contributed by atoms with Gasteiger partial charge in [0.25, 0.3) is 0 Å². The normalized spacial score (nSPS) is 18.5. The minimum Gasteiger partial charge on any atom is -0.478 e. The van der Waals surface area contributed by atoms with Crippen LogP contribution in [0.4, 0.5) is 17.1 Å². The zero-order chi connectivity index (χ0) is 16.8. The highest BCUT2D eigenvalue weighted by Gasteiger charge is 2.37. The van der Waals surface area contributed by atoms with Crippen LogP contribution < -0.4 is 10.2 Å². The molecule has 0 aromatic heterocycles. The van der Waals surface area contributed by atoms with Crippen LogP contribution in [0.15, 0.2) is 47.5 Å². The third-order valence-corrected chi connectivity index (χ3v) is 4.42. The first-order valence-corrected chi connectivity index (χ1v) is 7.60. The Bertz CT molecular complexity index is 904. The summed E-state index contributed by atoms with van der Waals surface area (Å²) in [6.45, 7) is 0.520. The quantitative estimate of drug-likeness (QED) is 0.891. The predicted octanol–water partition coefficient (Wildman–Crippen LogP) is 2.64. The molecule has 2 aromatic rings. The standard InChI is InChI=1S/C18H15N3O3/c1-21-9-14(19-13-4-2-3-5-15(13)21)16-11-8-10(18(23)24)6-7-12(11)20-17(16)22/h2-8,16H,9H2,1H3,(H,20,22)(H,23,24). The summed E-state index contributed by atoms with van der Waals surface area (Å²) < 4.78 is 0. The number of carbonyl (C=O) groups excluding carboxylic acids is 1. The minimum absolute atomic E-state index is 0.167. The SMILES string of the molecule is CN1CC(C2C(=O)Nc3ccc(C(=O)O)cc32)=Nc2ccccc21. The molecule has 0 aliphatic carbocycles. The van der Waals surface area contributed by atoms with Crippen molar-refractivity contribution in [3.63, 3.8) is 0 Å². The van der Waals surface area contributed by atoms with Crippen LogP contribution in [0.25, 0.3) is 0 Å². The van der Waals surface area contributed by atoms with Crippen molar-refractivity contribution in [3.8, 4) is 0 Å². The molecule has 0 saturated carbocycles. The van der Waals surface area contributed by atoms with E-state index in [2.05, 4.69) is 10.3 Å². The Kier molecular flexibility index (Phi) is 3.13. The number of amides is 1. The van der Waals surface area contributed by atoms with E-state index < -0.39 is 11.9 Å². The second kappa shape index (κ2) is 5.19. The molecule has 1 unspecified atom stereocenters. The first kappa shape index (κ1) is 14.4. The summed E-state index contributed by atoms with van der Waals surface area (Å²) in [5, 5.41) is 12.0. The number of hydrogen-bond donors (Lipinski definition) is 2. The highest BCUT2D eigenvalue weighted by atomic mass is 16.4. The van der Waals surface area contributed by atoms with Crippen LogP contribution in [0.3, 0.4) is 0 Å². The highest BCUT2D eigenvalue weighted by Crippen LogP contribution is 2.39. The van der Waals surface area contributed by atoms with Gasteiger partial charge in [0.15, 0.2) is 0 Å². The van der Waals surface area contributed by atoms with Crippen molar-refractivity contribution in [3.05, 3.63) is 53.6 Å². The lowest BCUT2D eigenvalue weighted by Gasteiger charge is -2.28. The molecule has 1 amide bonds. The van der Waals surface area contributed by atoms with Gasteiger partial charge in [-0.2, -0.15) is 0 Å². The number of benzene rings is 2. The van der Waals surface area contributed by atoms with Gasteiger partial charge in [-0.15, -0.1) is 0 Å². The van der Waals surface area contributed by atoms with Crippen LogP contribution in [0, 0.1) is 0 Å². The molecule has 24 heavy (non-hydrogen) atoms. The summed E-state index contributed by atoms with van der Waals surface area (Å²) in [5.74, 6) is -1.74. The lowest BCUT2D eigenvalue weighted by Crippen LogP contribution is -2.34. The summed E-state index contributed by atoms with van der Waals surface area (Å²) in [6.07, 6.45) is 0. The molecule has 2 heterocycles. The van der Waals surface area contributed by atoms with Crippen molar-refractivity contribution in [1.29, 1.82) is 0 Å². The Morgan fingerprint density at radius 2 is 2.08 bits per heavy atom. The van der Waals surface area contributed by atoms with E-state index in [1.165, 1.54) is 6.07 Å². The topological polar surface area (TPSA) is 82.0 Å². The van der Waals surface area contributed by atoms with Crippen LogP contribution in [0.1, 0.15) is 21.8 Å². The average Bonchev–Trinajstić information content (AvgIpc) is 2.89. The first-order chi connectivity index (χ1) is 11.5. The molecule has 0 radical (unpaired) electrons. The van der Waals surface area contributed by atoms with Crippen molar-refractivity contribution in [1.82, 2.24) is 0 Å². The number of hydrogen-bond acceptors (Lipinski definition) is 4. The lowest BCUT2D eigenvalue weighted by molar-refractivity contribution is -0.115. The third-order valence-electron chi connectivity index (χ3n) is 4.42. The summed E-state index contributed by atoms with van der Waals surface area (Å²) in [5.41, 5.74) is 4.04. The minimum atomic E-state index is -1.01. The van der Waals surface area contributed by atoms with E-state index in [9.17, 15) is 14.7 Å². The fraction of sp³-hybridized carbons (Fsp3) is 0.167. The Morgan fingerprint density at radius 3 is 2.88 bits per heavy atom. The smallest absolute Gasteiger partial charge is 0.335 e. The highest BCUT2D eigenvalue weighted by molar-refractivity contribution is 6.21. The summed E-state index contributed by atoms with van der Waals surface area (Å²) >= 11 is 0. The Morgan fingerprint density at radius 1 is 1.29 bits per heavy atom. The van der Waals surface area contributed by atoms with Gasteiger partial charge >= 0.3 is 5.97 Å². The zero-order valence-corrected chi connectivity index (χ0v) is 13.0. The molecule has 2 aromatic carbocycles. The van der Waals surface area contributed by atoms with Gasteiger partial charge in [-0.1, -0.05) is 12.1 Å². The number of aromatic carboxylic acids is 1. The van der Waals surface area contributed by atoms with E-state index in [0.717, 1.165) is 17.1 Å². The first-order valence-electron chi connectivity index (χ1n) is 7.60. The van der Waals surface area contributed by atoms with E-state index in [1.807, 2.05) is 36.2 Å². The summed E-state index contributed by atoms with van der Waals surface area (Å²) in [4.78, 5) is 30.4. The van der Waals surface area contributed by atoms with Crippen molar-refractivity contribution >= 4 is 34.7 Å². The molecule has 2 aliphatic heterocycles. The van der Waals surface area contributed by atoms with Gasteiger partial charge < -0.3 is 15.3 Å². The van der Waals surface area contributed by atoms with Gasteiger partial charge in [-0.05, 0) is 35.9 Å². The molecule has 4 rings (SSSR count). The predicted molar refractivity (Wildman–Crippen MR) is 91.6 cm³/mol. The van der Waals surface area contributed by atoms with Crippen LogP contribution in [0.5, 0.6) is 0 Å². The molecule has 120 valence electrons. The van der Waals surface area contributed by atoms with Gasteiger partial charge in [0, 0.05) is 12.7 Å². The third kappa shape index (κ3) is 2.15.